The highest BCUT2D eigenvalue weighted by Crippen LogP contribution is 2.32. The second-order valence-corrected chi connectivity index (χ2v) is 7.65. The van der Waals surface area contributed by atoms with E-state index in [0.717, 1.165) is 5.56 Å². The van der Waals surface area contributed by atoms with Gasteiger partial charge in [0.1, 0.15) is 0 Å². The van der Waals surface area contributed by atoms with Gasteiger partial charge in [-0.15, -0.1) is 0 Å². The molecule has 1 aromatic heterocycles. The molecule has 0 bridgehead atoms. The van der Waals surface area contributed by atoms with Crippen molar-refractivity contribution in [3.8, 4) is 0 Å². The second kappa shape index (κ2) is 6.78. The van der Waals surface area contributed by atoms with Crippen LogP contribution in [0.1, 0.15) is 24.5 Å². The Labute approximate surface area is 136 Å². The lowest BCUT2D eigenvalue weighted by Crippen LogP contribution is -2.40. The minimum atomic E-state index is -3.54. The van der Waals surface area contributed by atoms with Crippen molar-refractivity contribution in [2.75, 3.05) is 13.1 Å². The summed E-state index contributed by atoms with van der Waals surface area (Å²) in [5, 5.41) is 10.6. The number of hydrogen-bond donors (Lipinski definition) is 1. The molecule has 1 aromatic carbocycles. The Morgan fingerprint density at radius 1 is 1.04 bits per heavy atom. The summed E-state index contributed by atoms with van der Waals surface area (Å²) in [6, 6.07) is 14.4. The maximum absolute atomic E-state index is 12.5. The van der Waals surface area contributed by atoms with Gasteiger partial charge < -0.3 is 5.11 Å². The molecule has 1 N–H and O–H groups in total. The van der Waals surface area contributed by atoms with Crippen LogP contribution in [-0.4, -0.2) is 35.9 Å². The molecule has 3 rings (SSSR count). The van der Waals surface area contributed by atoms with Crippen molar-refractivity contribution in [3.05, 3.63) is 60.3 Å². The number of benzene rings is 1. The number of piperidine rings is 1. The summed E-state index contributed by atoms with van der Waals surface area (Å²) in [5.41, 5.74) is 0.888. The highest BCUT2D eigenvalue weighted by Gasteiger charge is 2.32. The van der Waals surface area contributed by atoms with Gasteiger partial charge in [0.05, 0.1) is 6.10 Å². The topological polar surface area (TPSA) is 70.5 Å². The zero-order chi connectivity index (χ0) is 16.3. The largest absolute Gasteiger partial charge is 0.388 e. The van der Waals surface area contributed by atoms with Crippen molar-refractivity contribution in [1.82, 2.24) is 9.29 Å². The van der Waals surface area contributed by atoms with Crippen molar-refractivity contribution in [2.24, 2.45) is 5.92 Å². The van der Waals surface area contributed by atoms with E-state index in [4.69, 9.17) is 0 Å². The lowest BCUT2D eigenvalue weighted by molar-refractivity contribution is 0.0760. The van der Waals surface area contributed by atoms with Crippen LogP contribution in [0.4, 0.5) is 0 Å². The van der Waals surface area contributed by atoms with Gasteiger partial charge in [-0.05, 0) is 36.5 Å². The molecule has 2 aromatic rings. The molecule has 0 aliphatic carbocycles. The predicted molar refractivity (Wildman–Crippen MR) is 87.1 cm³/mol. The molecule has 0 spiro atoms. The molecule has 1 aliphatic heterocycles. The smallest absolute Gasteiger partial charge is 0.260 e. The monoisotopic (exact) mass is 332 g/mol. The standard InChI is InChI=1S/C17H20N2O3S/c20-17(14-6-2-1-3-7-14)15-9-12-19(13-10-15)23(21,22)16-8-4-5-11-18-16/h1-8,11,15,17,20H,9-10,12-13H2. The van der Waals surface area contributed by atoms with E-state index in [2.05, 4.69) is 4.98 Å². The molecule has 23 heavy (non-hydrogen) atoms. The summed E-state index contributed by atoms with van der Waals surface area (Å²) in [6.45, 7) is 0.820. The number of aliphatic hydroxyl groups excluding tert-OH is 1. The van der Waals surface area contributed by atoms with Crippen LogP contribution in [0.5, 0.6) is 0 Å². The first-order chi connectivity index (χ1) is 11.1. The van der Waals surface area contributed by atoms with Crippen LogP contribution in [0.3, 0.4) is 0 Å². The SMILES string of the molecule is O=S(=O)(c1ccccn1)N1CCC(C(O)c2ccccc2)CC1. The van der Waals surface area contributed by atoms with Gasteiger partial charge in [-0.2, -0.15) is 4.31 Å². The Bertz CT molecular complexity index is 727. The summed E-state index contributed by atoms with van der Waals surface area (Å²) in [5.74, 6) is 0.0765. The molecule has 122 valence electrons. The third-order valence-electron chi connectivity index (χ3n) is 4.33. The van der Waals surface area contributed by atoms with Crippen LogP contribution >= 0.6 is 0 Å². The maximum Gasteiger partial charge on any atom is 0.260 e. The summed E-state index contributed by atoms with van der Waals surface area (Å²) in [4.78, 5) is 3.95. The molecule has 1 unspecified atom stereocenters. The first-order valence-electron chi connectivity index (χ1n) is 7.73. The molecule has 0 amide bonds. The fourth-order valence-corrected chi connectivity index (χ4v) is 4.39. The van der Waals surface area contributed by atoms with E-state index in [1.165, 1.54) is 16.6 Å². The summed E-state index contributed by atoms with van der Waals surface area (Å²) < 4.78 is 26.5. The molecule has 5 nitrogen and oxygen atoms in total. The lowest BCUT2D eigenvalue weighted by atomic mass is 9.88. The summed E-state index contributed by atoms with van der Waals surface area (Å²) in [7, 11) is -3.54. The Balaban J connectivity index is 1.67. The van der Waals surface area contributed by atoms with Crippen LogP contribution in [0.2, 0.25) is 0 Å². The average molecular weight is 332 g/mol. The Hall–Kier alpha value is -1.76. The van der Waals surface area contributed by atoms with E-state index in [1.807, 2.05) is 30.3 Å². The first kappa shape index (κ1) is 16.1. The van der Waals surface area contributed by atoms with Crippen LogP contribution in [0, 0.1) is 5.92 Å². The van der Waals surface area contributed by atoms with Gasteiger partial charge >= 0.3 is 0 Å². The number of rotatable bonds is 4. The quantitative estimate of drug-likeness (QED) is 0.932. The minimum Gasteiger partial charge on any atom is -0.388 e. The first-order valence-corrected chi connectivity index (χ1v) is 9.17. The van der Waals surface area contributed by atoms with Gasteiger partial charge in [0.15, 0.2) is 5.03 Å². The number of hydrogen-bond acceptors (Lipinski definition) is 4. The number of aliphatic hydroxyl groups is 1. The normalized spacial score (nSPS) is 18.7. The average Bonchev–Trinajstić information content (AvgIpc) is 2.63. The highest BCUT2D eigenvalue weighted by atomic mass is 32.2. The van der Waals surface area contributed by atoms with E-state index in [0.29, 0.717) is 25.9 Å². The van der Waals surface area contributed by atoms with E-state index < -0.39 is 16.1 Å². The third-order valence-corrected chi connectivity index (χ3v) is 6.14. The fourth-order valence-electron chi connectivity index (χ4n) is 2.99. The van der Waals surface area contributed by atoms with Crippen LogP contribution in [-0.2, 0) is 10.0 Å². The second-order valence-electron chi connectivity index (χ2n) is 5.77. The molecular weight excluding hydrogens is 312 g/mol. The minimum absolute atomic E-state index is 0.0765. The maximum atomic E-state index is 12.5. The zero-order valence-corrected chi connectivity index (χ0v) is 13.6. The number of nitrogens with zero attached hydrogens (tertiary/aromatic N) is 2. The van der Waals surface area contributed by atoms with Crippen LogP contribution in [0.25, 0.3) is 0 Å². The number of sulfonamides is 1. The van der Waals surface area contributed by atoms with Gasteiger partial charge in [0.2, 0.25) is 0 Å². The van der Waals surface area contributed by atoms with Crippen molar-refractivity contribution >= 4 is 10.0 Å². The molecule has 2 heterocycles. The Morgan fingerprint density at radius 3 is 2.30 bits per heavy atom. The molecule has 0 saturated carbocycles. The summed E-state index contributed by atoms with van der Waals surface area (Å²) in [6.07, 6.45) is 2.22. The van der Waals surface area contributed by atoms with E-state index >= 15 is 0 Å². The van der Waals surface area contributed by atoms with Gasteiger partial charge in [0.25, 0.3) is 10.0 Å². The van der Waals surface area contributed by atoms with E-state index in [9.17, 15) is 13.5 Å². The molecular formula is C17H20N2O3S. The Kier molecular flexibility index (Phi) is 4.75. The van der Waals surface area contributed by atoms with Gasteiger partial charge in [-0.25, -0.2) is 13.4 Å². The fraction of sp³-hybridized carbons (Fsp3) is 0.353. The lowest BCUT2D eigenvalue weighted by Gasteiger charge is -2.33. The summed E-state index contributed by atoms with van der Waals surface area (Å²) >= 11 is 0. The van der Waals surface area contributed by atoms with Gasteiger partial charge in [-0.1, -0.05) is 36.4 Å². The van der Waals surface area contributed by atoms with Crippen LogP contribution in [0.15, 0.2) is 59.8 Å². The van der Waals surface area contributed by atoms with Crippen molar-refractivity contribution in [1.29, 1.82) is 0 Å². The van der Waals surface area contributed by atoms with Crippen molar-refractivity contribution in [2.45, 2.75) is 24.0 Å². The molecule has 1 atom stereocenters. The molecule has 6 heteroatoms. The Morgan fingerprint density at radius 2 is 1.70 bits per heavy atom. The molecule has 1 aliphatic rings. The molecule has 0 radical (unpaired) electrons. The van der Waals surface area contributed by atoms with Crippen molar-refractivity contribution < 1.29 is 13.5 Å². The molecule has 1 fully saturated rings. The van der Waals surface area contributed by atoms with Crippen LogP contribution < -0.4 is 0 Å². The van der Waals surface area contributed by atoms with E-state index in [1.54, 1.807) is 12.1 Å². The highest BCUT2D eigenvalue weighted by molar-refractivity contribution is 7.89. The third kappa shape index (κ3) is 3.44. The van der Waals surface area contributed by atoms with E-state index in [-0.39, 0.29) is 10.9 Å². The van der Waals surface area contributed by atoms with Crippen molar-refractivity contribution in [3.63, 3.8) is 0 Å². The van der Waals surface area contributed by atoms with Gasteiger partial charge in [-0.3, -0.25) is 0 Å². The number of aromatic nitrogens is 1. The zero-order valence-electron chi connectivity index (χ0n) is 12.7. The number of pyridine rings is 1. The molecule has 1 saturated heterocycles. The predicted octanol–water partition coefficient (Wildman–Crippen LogP) is 2.22. The van der Waals surface area contributed by atoms with Gasteiger partial charge in [0, 0.05) is 19.3 Å².